The third-order valence-corrected chi connectivity index (χ3v) is 12.4. The molecule has 7 aromatic rings. The van der Waals surface area contributed by atoms with Crippen molar-refractivity contribution >= 4 is 15.4 Å². The maximum Gasteiger partial charge on any atom is 0.109 e. The minimum Gasteiger partial charge on any atom is -0.239 e. The third-order valence-electron chi connectivity index (χ3n) is 10.1. The molecule has 216 valence electrons. The van der Waals surface area contributed by atoms with Crippen molar-refractivity contribution in [2.45, 2.75) is 15.2 Å². The number of nitrogens with zero attached hydrogens (tertiary/aromatic N) is 1. The lowest BCUT2D eigenvalue weighted by Crippen LogP contribution is -2.25. The van der Waals surface area contributed by atoms with E-state index in [-0.39, 0.29) is 0 Å². The van der Waals surface area contributed by atoms with Crippen molar-refractivity contribution in [1.82, 2.24) is 0 Å². The zero-order chi connectivity index (χ0) is 30.5. The van der Waals surface area contributed by atoms with E-state index < -0.39 is 15.1 Å². The molecule has 2 aliphatic carbocycles. The van der Waals surface area contributed by atoms with Gasteiger partial charge in [-0.05, 0) is 86.0 Å². The van der Waals surface area contributed by atoms with Crippen LogP contribution in [0.25, 0.3) is 44.5 Å². The van der Waals surface area contributed by atoms with Gasteiger partial charge in [-0.25, -0.2) is 4.21 Å². The van der Waals surface area contributed by atoms with E-state index in [1.807, 2.05) is 48.5 Å². The van der Waals surface area contributed by atoms with Crippen molar-refractivity contribution in [3.05, 3.63) is 186 Å². The van der Waals surface area contributed by atoms with Gasteiger partial charge in [0.05, 0.1) is 20.9 Å². The number of rotatable bonds is 2. The van der Waals surface area contributed by atoms with Crippen LogP contribution in [0.1, 0.15) is 22.3 Å². The van der Waals surface area contributed by atoms with Crippen molar-refractivity contribution in [1.29, 1.82) is 0 Å². The monoisotopic (exact) mass is 605 g/mol. The van der Waals surface area contributed by atoms with Crippen LogP contribution in [0.4, 0.5) is 5.69 Å². The van der Waals surface area contributed by atoms with Crippen LogP contribution in [0.5, 0.6) is 0 Å². The Morgan fingerprint density at radius 2 is 0.978 bits per heavy atom. The molecule has 2 nitrogen and oxygen atoms in total. The van der Waals surface area contributed by atoms with Gasteiger partial charge in [-0.1, -0.05) is 133 Å². The number of fused-ring (bicyclic) bond motifs is 13. The summed E-state index contributed by atoms with van der Waals surface area (Å²) in [5.74, 6) is 0. The van der Waals surface area contributed by atoms with Gasteiger partial charge in [0.25, 0.3) is 0 Å². The molecule has 3 heteroatoms. The van der Waals surface area contributed by atoms with Crippen LogP contribution >= 0.6 is 0 Å². The molecule has 1 unspecified atom stereocenters. The van der Waals surface area contributed by atoms with Crippen molar-refractivity contribution in [3.63, 3.8) is 0 Å². The SMILES string of the molecule is O=S1(c2ccccc2)=Nc2ccccc2-c2cc(-c3cccc4c3-c3ccccc3C43c4ccccc4-c4ccccc43)ccc21. The molecule has 0 bridgehead atoms. The fraction of sp³-hybridized carbons (Fsp3) is 0.0233. The molecular weight excluding hydrogens is 579 g/mol. The molecule has 0 N–H and O–H groups in total. The normalized spacial score (nSPS) is 17.2. The van der Waals surface area contributed by atoms with Crippen LogP contribution < -0.4 is 0 Å². The first kappa shape index (κ1) is 25.8. The van der Waals surface area contributed by atoms with E-state index in [0.29, 0.717) is 0 Å². The van der Waals surface area contributed by atoms with Gasteiger partial charge in [-0.3, -0.25) is 0 Å². The van der Waals surface area contributed by atoms with Crippen LogP contribution in [0.2, 0.25) is 0 Å². The van der Waals surface area contributed by atoms with Crippen molar-refractivity contribution < 1.29 is 4.21 Å². The molecule has 0 saturated carbocycles. The topological polar surface area (TPSA) is 29.4 Å². The van der Waals surface area contributed by atoms with E-state index in [4.69, 9.17) is 4.36 Å². The van der Waals surface area contributed by atoms with Crippen molar-refractivity contribution in [3.8, 4) is 44.5 Å². The largest absolute Gasteiger partial charge is 0.239 e. The van der Waals surface area contributed by atoms with Crippen LogP contribution in [-0.2, 0) is 15.1 Å². The van der Waals surface area contributed by atoms with Gasteiger partial charge in [-0.15, -0.1) is 0 Å². The Balaban J connectivity index is 1.26. The quantitative estimate of drug-likeness (QED) is 0.193. The second-order valence-corrected chi connectivity index (χ2v) is 14.4. The molecule has 0 radical (unpaired) electrons. The number of hydrogen-bond acceptors (Lipinski definition) is 2. The lowest BCUT2D eigenvalue weighted by molar-refractivity contribution is 0.676. The van der Waals surface area contributed by atoms with Gasteiger partial charge in [-0.2, -0.15) is 4.36 Å². The first-order chi connectivity index (χ1) is 22.7. The highest BCUT2D eigenvalue weighted by atomic mass is 32.2. The number of hydrogen-bond donors (Lipinski definition) is 0. The zero-order valence-electron chi connectivity index (χ0n) is 24.9. The fourth-order valence-electron chi connectivity index (χ4n) is 8.29. The Labute approximate surface area is 268 Å². The predicted molar refractivity (Wildman–Crippen MR) is 187 cm³/mol. The average molecular weight is 606 g/mol. The van der Waals surface area contributed by atoms with E-state index >= 15 is 0 Å². The molecule has 1 spiro atoms. The van der Waals surface area contributed by atoms with E-state index in [9.17, 15) is 4.21 Å². The molecule has 3 aliphatic rings. The highest BCUT2D eigenvalue weighted by molar-refractivity contribution is 7.94. The van der Waals surface area contributed by atoms with Crippen LogP contribution in [0, 0.1) is 0 Å². The molecule has 0 fully saturated rings. The van der Waals surface area contributed by atoms with Crippen molar-refractivity contribution in [2.75, 3.05) is 0 Å². The molecule has 0 amide bonds. The Kier molecular flexibility index (Phi) is 5.19. The maximum absolute atomic E-state index is 14.8. The van der Waals surface area contributed by atoms with Crippen LogP contribution in [0.15, 0.2) is 178 Å². The fourth-order valence-corrected chi connectivity index (χ4v) is 10.4. The second kappa shape index (κ2) is 9.26. The summed E-state index contributed by atoms with van der Waals surface area (Å²) in [7, 11) is -2.86. The van der Waals surface area contributed by atoms with Gasteiger partial charge >= 0.3 is 0 Å². The zero-order valence-corrected chi connectivity index (χ0v) is 25.7. The first-order valence-corrected chi connectivity index (χ1v) is 17.2. The van der Waals surface area contributed by atoms with E-state index in [2.05, 4.69) is 115 Å². The molecular formula is C43H27NOS. The summed E-state index contributed by atoms with van der Waals surface area (Å²) in [5.41, 5.74) is 15.1. The maximum atomic E-state index is 14.8. The summed E-state index contributed by atoms with van der Waals surface area (Å²) < 4.78 is 19.7. The molecule has 7 aromatic carbocycles. The Morgan fingerprint density at radius 3 is 1.70 bits per heavy atom. The molecule has 0 aromatic heterocycles. The van der Waals surface area contributed by atoms with E-state index in [0.717, 1.165) is 32.2 Å². The molecule has 1 atom stereocenters. The first-order valence-electron chi connectivity index (χ1n) is 15.7. The average Bonchev–Trinajstić information content (AvgIpc) is 3.60. The second-order valence-electron chi connectivity index (χ2n) is 12.3. The van der Waals surface area contributed by atoms with Gasteiger partial charge in [0.15, 0.2) is 0 Å². The molecule has 1 heterocycles. The minimum atomic E-state index is -2.86. The van der Waals surface area contributed by atoms with E-state index in [1.54, 1.807) is 0 Å². The lowest BCUT2D eigenvalue weighted by Gasteiger charge is -2.30. The third kappa shape index (κ3) is 3.18. The number of benzene rings is 7. The standard InChI is InChI=1S/C43H27NOS/c45-46(29-13-2-1-3-14-29)41-26-25-28(27-35(41)33-17-7-11-24-40(33)44-46)30-19-12-23-39-42(30)34-18-6-10-22-38(34)43(39)36-20-8-4-15-31(36)32-16-5-9-21-37(32)43/h1-27H. The summed E-state index contributed by atoms with van der Waals surface area (Å²) >= 11 is 0. The summed E-state index contributed by atoms with van der Waals surface area (Å²) in [4.78, 5) is 1.50. The lowest BCUT2D eigenvalue weighted by atomic mass is 9.70. The highest BCUT2D eigenvalue weighted by Crippen LogP contribution is 2.64. The summed E-state index contributed by atoms with van der Waals surface area (Å²) in [6, 6.07) is 57.7. The molecule has 10 rings (SSSR count). The Bertz CT molecular complexity index is 2490. The van der Waals surface area contributed by atoms with Crippen molar-refractivity contribution in [2.24, 2.45) is 4.36 Å². The Hall–Kier alpha value is -5.51. The van der Waals surface area contributed by atoms with Gasteiger partial charge in [0.1, 0.15) is 9.73 Å². The van der Waals surface area contributed by atoms with E-state index in [1.165, 1.54) is 50.1 Å². The van der Waals surface area contributed by atoms with Gasteiger partial charge in [0, 0.05) is 11.1 Å². The molecule has 0 saturated heterocycles. The van der Waals surface area contributed by atoms with Crippen LogP contribution in [0.3, 0.4) is 0 Å². The molecule has 46 heavy (non-hydrogen) atoms. The van der Waals surface area contributed by atoms with Crippen LogP contribution in [-0.4, -0.2) is 4.21 Å². The molecule has 1 aliphatic heterocycles. The highest BCUT2D eigenvalue weighted by Gasteiger charge is 2.51. The van der Waals surface area contributed by atoms with Gasteiger partial charge < -0.3 is 0 Å². The summed E-state index contributed by atoms with van der Waals surface area (Å²) in [5, 5.41) is 0. The predicted octanol–water partition coefficient (Wildman–Crippen LogP) is 10.9. The summed E-state index contributed by atoms with van der Waals surface area (Å²) in [6.07, 6.45) is 0. The minimum absolute atomic E-state index is 0.392. The summed E-state index contributed by atoms with van der Waals surface area (Å²) in [6.45, 7) is 0. The smallest absolute Gasteiger partial charge is 0.109 e. The Morgan fingerprint density at radius 1 is 0.435 bits per heavy atom. The van der Waals surface area contributed by atoms with Gasteiger partial charge in [0.2, 0.25) is 0 Å².